The fourth-order valence-electron chi connectivity index (χ4n) is 1.98. The standard InChI is InChI=1S/C12H11Br2N3O/c13-8-5-9(14)12-10(6-8)16-11(7-15-12)17-1-3-18-4-2-17/h5-7H,1-4H2. The van der Waals surface area contributed by atoms with Crippen LogP contribution in [0.4, 0.5) is 5.82 Å². The molecule has 0 spiro atoms. The smallest absolute Gasteiger partial charge is 0.148 e. The Morgan fingerprint density at radius 2 is 1.94 bits per heavy atom. The molecule has 94 valence electrons. The lowest BCUT2D eigenvalue weighted by atomic mass is 10.3. The highest BCUT2D eigenvalue weighted by molar-refractivity contribution is 9.11. The van der Waals surface area contributed by atoms with E-state index in [1.54, 1.807) is 0 Å². The molecule has 3 rings (SSSR count). The average molecular weight is 373 g/mol. The molecule has 1 fully saturated rings. The van der Waals surface area contributed by atoms with E-state index in [0.29, 0.717) is 0 Å². The number of hydrogen-bond acceptors (Lipinski definition) is 4. The van der Waals surface area contributed by atoms with E-state index in [-0.39, 0.29) is 0 Å². The van der Waals surface area contributed by atoms with Crippen LogP contribution in [0.3, 0.4) is 0 Å². The summed E-state index contributed by atoms with van der Waals surface area (Å²) in [5, 5.41) is 0. The fraction of sp³-hybridized carbons (Fsp3) is 0.333. The molecule has 1 aromatic carbocycles. The minimum absolute atomic E-state index is 0.752. The summed E-state index contributed by atoms with van der Waals surface area (Å²) in [5.74, 6) is 0.913. The van der Waals surface area contributed by atoms with Gasteiger partial charge in [0, 0.05) is 22.0 Å². The minimum Gasteiger partial charge on any atom is -0.378 e. The summed E-state index contributed by atoms with van der Waals surface area (Å²) in [5.41, 5.74) is 1.77. The Bertz CT molecular complexity index is 585. The third-order valence-electron chi connectivity index (χ3n) is 2.89. The molecule has 2 aromatic rings. The summed E-state index contributed by atoms with van der Waals surface area (Å²) in [6.45, 7) is 3.24. The van der Waals surface area contributed by atoms with E-state index in [2.05, 4.69) is 46.7 Å². The second-order valence-corrected chi connectivity index (χ2v) is 5.85. The number of benzene rings is 1. The molecule has 2 heterocycles. The third-order valence-corrected chi connectivity index (χ3v) is 3.95. The molecule has 1 saturated heterocycles. The van der Waals surface area contributed by atoms with Crippen LogP contribution in [0.15, 0.2) is 27.3 Å². The lowest BCUT2D eigenvalue weighted by molar-refractivity contribution is 0.122. The Hall–Kier alpha value is -0.720. The van der Waals surface area contributed by atoms with Gasteiger partial charge in [-0.25, -0.2) is 9.97 Å². The second kappa shape index (κ2) is 5.11. The van der Waals surface area contributed by atoms with Crippen molar-refractivity contribution in [2.24, 2.45) is 0 Å². The molecular weight excluding hydrogens is 362 g/mol. The van der Waals surface area contributed by atoms with Gasteiger partial charge in [-0.05, 0) is 28.1 Å². The zero-order valence-electron chi connectivity index (χ0n) is 9.57. The normalized spacial score (nSPS) is 16.2. The summed E-state index contributed by atoms with van der Waals surface area (Å²) in [6.07, 6.45) is 1.83. The van der Waals surface area contributed by atoms with Gasteiger partial charge in [0.25, 0.3) is 0 Å². The maximum absolute atomic E-state index is 5.34. The van der Waals surface area contributed by atoms with Gasteiger partial charge in [0.1, 0.15) is 11.3 Å². The van der Waals surface area contributed by atoms with Gasteiger partial charge in [0.15, 0.2) is 0 Å². The fourth-order valence-corrected chi connectivity index (χ4v) is 3.29. The van der Waals surface area contributed by atoms with Gasteiger partial charge in [-0.2, -0.15) is 0 Å². The van der Waals surface area contributed by atoms with E-state index in [1.807, 2.05) is 18.3 Å². The van der Waals surface area contributed by atoms with Crippen molar-refractivity contribution in [3.05, 3.63) is 27.3 Å². The van der Waals surface area contributed by atoms with Crippen molar-refractivity contribution >= 4 is 48.7 Å². The van der Waals surface area contributed by atoms with Gasteiger partial charge < -0.3 is 9.64 Å². The van der Waals surface area contributed by atoms with Crippen LogP contribution in [0.2, 0.25) is 0 Å². The maximum atomic E-state index is 5.34. The number of rotatable bonds is 1. The predicted octanol–water partition coefficient (Wildman–Crippen LogP) is 2.99. The summed E-state index contributed by atoms with van der Waals surface area (Å²) in [6, 6.07) is 3.96. The van der Waals surface area contributed by atoms with E-state index in [0.717, 1.165) is 52.1 Å². The van der Waals surface area contributed by atoms with E-state index in [1.165, 1.54) is 0 Å². The molecule has 4 nitrogen and oxygen atoms in total. The molecule has 0 N–H and O–H groups in total. The average Bonchev–Trinajstić information content (AvgIpc) is 2.39. The number of morpholine rings is 1. The van der Waals surface area contributed by atoms with Gasteiger partial charge in [-0.3, -0.25) is 0 Å². The van der Waals surface area contributed by atoms with Crippen molar-refractivity contribution in [2.45, 2.75) is 0 Å². The summed E-state index contributed by atoms with van der Waals surface area (Å²) < 4.78 is 7.29. The largest absolute Gasteiger partial charge is 0.378 e. The number of anilines is 1. The van der Waals surface area contributed by atoms with E-state index >= 15 is 0 Å². The Morgan fingerprint density at radius 1 is 1.17 bits per heavy atom. The Morgan fingerprint density at radius 3 is 2.72 bits per heavy atom. The monoisotopic (exact) mass is 371 g/mol. The van der Waals surface area contributed by atoms with Crippen LogP contribution in [0.5, 0.6) is 0 Å². The third kappa shape index (κ3) is 2.37. The van der Waals surface area contributed by atoms with Crippen molar-refractivity contribution in [3.63, 3.8) is 0 Å². The topological polar surface area (TPSA) is 38.2 Å². The summed E-state index contributed by atoms with van der Waals surface area (Å²) >= 11 is 6.97. The molecular formula is C12H11Br2N3O. The number of fused-ring (bicyclic) bond motifs is 1. The number of aromatic nitrogens is 2. The molecule has 0 amide bonds. The van der Waals surface area contributed by atoms with Gasteiger partial charge >= 0.3 is 0 Å². The Labute approximate surface area is 122 Å². The van der Waals surface area contributed by atoms with Crippen molar-refractivity contribution in [1.82, 2.24) is 9.97 Å². The zero-order valence-corrected chi connectivity index (χ0v) is 12.7. The number of ether oxygens (including phenoxy) is 1. The first-order chi connectivity index (χ1) is 8.74. The molecule has 1 aromatic heterocycles. The minimum atomic E-state index is 0.752. The molecule has 18 heavy (non-hydrogen) atoms. The Kier molecular flexibility index (Phi) is 3.50. The van der Waals surface area contributed by atoms with Gasteiger partial charge in [0.05, 0.1) is 24.9 Å². The predicted molar refractivity (Wildman–Crippen MR) is 78.0 cm³/mol. The Balaban J connectivity index is 2.04. The van der Waals surface area contributed by atoms with Gasteiger partial charge in [-0.15, -0.1) is 0 Å². The van der Waals surface area contributed by atoms with Gasteiger partial charge in [0.2, 0.25) is 0 Å². The quantitative estimate of drug-likeness (QED) is 0.771. The van der Waals surface area contributed by atoms with Crippen LogP contribution < -0.4 is 4.90 Å². The van der Waals surface area contributed by atoms with Crippen LogP contribution >= 0.6 is 31.9 Å². The van der Waals surface area contributed by atoms with Crippen LogP contribution in [0.1, 0.15) is 0 Å². The first kappa shape index (κ1) is 12.3. The highest BCUT2D eigenvalue weighted by atomic mass is 79.9. The van der Waals surface area contributed by atoms with Crippen LogP contribution in [-0.2, 0) is 4.74 Å². The van der Waals surface area contributed by atoms with E-state index < -0.39 is 0 Å². The highest BCUT2D eigenvalue weighted by Crippen LogP contribution is 2.27. The van der Waals surface area contributed by atoms with Crippen molar-refractivity contribution in [3.8, 4) is 0 Å². The molecule has 1 aliphatic heterocycles. The number of nitrogens with zero attached hydrogens (tertiary/aromatic N) is 3. The first-order valence-electron chi connectivity index (χ1n) is 5.68. The van der Waals surface area contributed by atoms with Crippen LogP contribution in [0, 0.1) is 0 Å². The molecule has 1 aliphatic rings. The van der Waals surface area contributed by atoms with E-state index in [9.17, 15) is 0 Å². The lowest BCUT2D eigenvalue weighted by Crippen LogP contribution is -2.36. The molecule has 6 heteroatoms. The summed E-state index contributed by atoms with van der Waals surface area (Å²) in [7, 11) is 0. The lowest BCUT2D eigenvalue weighted by Gasteiger charge is -2.27. The summed E-state index contributed by atoms with van der Waals surface area (Å²) in [4.78, 5) is 11.4. The van der Waals surface area contributed by atoms with Gasteiger partial charge in [-0.1, -0.05) is 15.9 Å². The number of halogens is 2. The molecule has 0 saturated carbocycles. The van der Waals surface area contributed by atoms with Crippen molar-refractivity contribution in [2.75, 3.05) is 31.2 Å². The number of hydrogen-bond donors (Lipinski definition) is 0. The highest BCUT2D eigenvalue weighted by Gasteiger charge is 2.14. The first-order valence-corrected chi connectivity index (χ1v) is 7.27. The van der Waals surface area contributed by atoms with E-state index in [4.69, 9.17) is 4.74 Å². The van der Waals surface area contributed by atoms with Crippen LogP contribution in [0.25, 0.3) is 11.0 Å². The van der Waals surface area contributed by atoms with Crippen LogP contribution in [-0.4, -0.2) is 36.3 Å². The second-order valence-electron chi connectivity index (χ2n) is 4.08. The molecule has 0 radical (unpaired) electrons. The molecule has 0 bridgehead atoms. The molecule has 0 atom stereocenters. The molecule has 0 unspecified atom stereocenters. The van der Waals surface area contributed by atoms with Crippen molar-refractivity contribution in [1.29, 1.82) is 0 Å². The van der Waals surface area contributed by atoms with Crippen molar-refractivity contribution < 1.29 is 4.74 Å². The zero-order chi connectivity index (χ0) is 12.5. The maximum Gasteiger partial charge on any atom is 0.148 e. The SMILES string of the molecule is Brc1cc(Br)c2ncc(N3CCOCC3)nc2c1. The molecule has 0 aliphatic carbocycles.